The number of aromatic nitrogens is 1. The molecule has 9 nitrogen and oxygen atoms in total. The van der Waals surface area contributed by atoms with Crippen molar-refractivity contribution >= 4 is 21.7 Å². The number of sulfone groups is 1. The van der Waals surface area contributed by atoms with Crippen LogP contribution in [0.15, 0.2) is 35.1 Å². The van der Waals surface area contributed by atoms with Gasteiger partial charge >= 0.3 is 0 Å². The van der Waals surface area contributed by atoms with E-state index in [0.717, 1.165) is 5.56 Å². The van der Waals surface area contributed by atoms with Crippen molar-refractivity contribution in [2.24, 2.45) is 0 Å². The Bertz CT molecular complexity index is 1480. The summed E-state index contributed by atoms with van der Waals surface area (Å²) in [5.41, 5.74) is 1.41. The summed E-state index contributed by atoms with van der Waals surface area (Å²) >= 11 is 0. The van der Waals surface area contributed by atoms with Crippen molar-refractivity contribution in [3.63, 3.8) is 0 Å². The van der Waals surface area contributed by atoms with Gasteiger partial charge in [-0.15, -0.1) is 0 Å². The molecule has 1 N–H and O–H groups in total. The van der Waals surface area contributed by atoms with E-state index in [1.54, 1.807) is 43.0 Å². The number of carbonyl (C=O) groups is 2. The monoisotopic (exact) mass is 508 g/mol. The van der Waals surface area contributed by atoms with Gasteiger partial charge in [0.1, 0.15) is 11.3 Å². The number of amides is 2. The van der Waals surface area contributed by atoms with Crippen molar-refractivity contribution in [3.05, 3.63) is 68.6 Å². The number of rotatable bonds is 7. The largest absolute Gasteiger partial charge is 0.348 e. The van der Waals surface area contributed by atoms with E-state index in [-0.39, 0.29) is 43.3 Å². The van der Waals surface area contributed by atoms with Crippen LogP contribution in [0.2, 0.25) is 0 Å². The maximum Gasteiger partial charge on any atom is 0.270 e. The molecule has 0 unspecified atom stereocenters. The molecule has 36 heavy (non-hydrogen) atoms. The van der Waals surface area contributed by atoms with Gasteiger partial charge < -0.3 is 14.8 Å². The lowest BCUT2D eigenvalue weighted by Gasteiger charge is -2.34. The summed E-state index contributed by atoms with van der Waals surface area (Å²) in [7, 11) is -3.35. The normalized spacial score (nSPS) is 19.2. The second-order valence-corrected chi connectivity index (χ2v) is 13.3. The van der Waals surface area contributed by atoms with Gasteiger partial charge in [-0.2, -0.15) is 5.26 Å². The number of nitriles is 1. The standard InChI is InChI=1S/C26H28N4O5S/c1-17-13-20(22(31)28-15-19-5-3-18(14-27)4-6-19)23(32)30-12-11-29(24(33)21(17)30)16-26(9-10-26)36(34,35)25(2)7-8-25/h3-6,13H,7-12,15-16H2,1-2H3,(H,28,31). The lowest BCUT2D eigenvalue weighted by atomic mass is 10.1. The van der Waals surface area contributed by atoms with Gasteiger partial charge in [0.25, 0.3) is 17.4 Å². The number of fused-ring (bicyclic) bond motifs is 1. The maximum absolute atomic E-state index is 13.4. The first kappa shape index (κ1) is 24.3. The fourth-order valence-corrected chi connectivity index (χ4v) is 7.68. The first-order valence-electron chi connectivity index (χ1n) is 12.1. The summed E-state index contributed by atoms with van der Waals surface area (Å²) < 4.78 is 26.2. The van der Waals surface area contributed by atoms with Gasteiger partial charge in [0.05, 0.1) is 21.1 Å². The molecule has 2 saturated carbocycles. The molecule has 3 aliphatic rings. The van der Waals surface area contributed by atoms with Crippen molar-refractivity contribution in [1.82, 2.24) is 14.8 Å². The highest BCUT2D eigenvalue weighted by atomic mass is 32.2. The Morgan fingerprint density at radius 2 is 1.78 bits per heavy atom. The van der Waals surface area contributed by atoms with Crippen LogP contribution in [0.3, 0.4) is 0 Å². The van der Waals surface area contributed by atoms with Gasteiger partial charge in [-0.25, -0.2) is 8.42 Å². The van der Waals surface area contributed by atoms with Crippen LogP contribution >= 0.6 is 0 Å². The molecule has 0 saturated heterocycles. The van der Waals surface area contributed by atoms with Crippen LogP contribution in [0.5, 0.6) is 0 Å². The third kappa shape index (κ3) is 3.82. The molecule has 188 valence electrons. The molecule has 2 aliphatic carbocycles. The smallest absolute Gasteiger partial charge is 0.270 e. The molecule has 2 aromatic rings. The van der Waals surface area contributed by atoms with E-state index in [1.165, 1.54) is 10.6 Å². The zero-order valence-electron chi connectivity index (χ0n) is 20.3. The van der Waals surface area contributed by atoms with E-state index in [2.05, 4.69) is 5.32 Å². The summed E-state index contributed by atoms with van der Waals surface area (Å²) in [5, 5.41) is 11.6. The van der Waals surface area contributed by atoms with E-state index in [9.17, 15) is 22.8 Å². The molecule has 0 bridgehead atoms. The van der Waals surface area contributed by atoms with Crippen molar-refractivity contribution in [2.75, 3.05) is 13.1 Å². The fourth-order valence-electron chi connectivity index (χ4n) is 5.03. The Labute approximate surface area is 209 Å². The van der Waals surface area contributed by atoms with Crippen LogP contribution in [0.1, 0.15) is 70.1 Å². The molecule has 2 amide bonds. The number of carbonyl (C=O) groups excluding carboxylic acids is 2. The first-order valence-corrected chi connectivity index (χ1v) is 13.6. The van der Waals surface area contributed by atoms with E-state index in [0.29, 0.717) is 36.8 Å². The number of nitrogens with one attached hydrogen (secondary N) is 1. The predicted molar refractivity (Wildman–Crippen MR) is 132 cm³/mol. The second kappa shape index (κ2) is 8.30. The van der Waals surface area contributed by atoms with Gasteiger partial charge in [0, 0.05) is 26.2 Å². The van der Waals surface area contributed by atoms with Crippen molar-refractivity contribution in [1.29, 1.82) is 5.26 Å². The van der Waals surface area contributed by atoms with Crippen molar-refractivity contribution < 1.29 is 18.0 Å². The van der Waals surface area contributed by atoms with Crippen LogP contribution in [-0.4, -0.2) is 52.3 Å². The molecular weight excluding hydrogens is 480 g/mol. The Morgan fingerprint density at radius 1 is 1.11 bits per heavy atom. The number of aryl methyl sites for hydroxylation is 1. The number of benzene rings is 1. The average Bonchev–Trinajstić information content (AvgIpc) is 3.79. The highest BCUT2D eigenvalue weighted by Gasteiger charge is 2.65. The Morgan fingerprint density at radius 3 is 2.36 bits per heavy atom. The highest BCUT2D eigenvalue weighted by Crippen LogP contribution is 2.56. The SMILES string of the molecule is Cc1cc(C(=O)NCc2ccc(C#N)cc2)c(=O)n2c1C(=O)N(CC1(S(=O)(=O)C3(C)CC3)CC1)CC2. The predicted octanol–water partition coefficient (Wildman–Crippen LogP) is 1.91. The third-order valence-electron chi connectivity index (χ3n) is 7.80. The van der Waals surface area contributed by atoms with Gasteiger partial charge in [-0.05, 0) is 68.9 Å². The molecule has 1 aromatic carbocycles. The molecule has 0 atom stereocenters. The van der Waals surface area contributed by atoms with E-state index >= 15 is 0 Å². The molecule has 10 heteroatoms. The Balaban J connectivity index is 1.34. The fraction of sp³-hybridized carbons (Fsp3) is 0.462. The van der Waals surface area contributed by atoms with Gasteiger partial charge in [0.15, 0.2) is 9.84 Å². The summed E-state index contributed by atoms with van der Waals surface area (Å²) in [6, 6.07) is 10.2. The minimum absolute atomic E-state index is 0.0472. The van der Waals surface area contributed by atoms with Crippen molar-refractivity contribution in [2.45, 2.75) is 62.1 Å². The molecule has 1 aliphatic heterocycles. The first-order chi connectivity index (χ1) is 17.0. The lowest BCUT2D eigenvalue weighted by molar-refractivity contribution is 0.0693. The molecule has 2 heterocycles. The summed E-state index contributed by atoms with van der Waals surface area (Å²) in [4.78, 5) is 40.9. The van der Waals surface area contributed by atoms with E-state index in [4.69, 9.17) is 5.26 Å². The van der Waals surface area contributed by atoms with Gasteiger partial charge in [0.2, 0.25) is 0 Å². The summed E-state index contributed by atoms with van der Waals surface area (Å²) in [6.07, 6.45) is 2.44. The van der Waals surface area contributed by atoms with Crippen LogP contribution in [0.4, 0.5) is 0 Å². The summed E-state index contributed by atoms with van der Waals surface area (Å²) in [5.74, 6) is -0.916. The maximum atomic E-state index is 13.4. The molecule has 2 fully saturated rings. The lowest BCUT2D eigenvalue weighted by Crippen LogP contribution is -2.51. The molecule has 0 radical (unpaired) electrons. The number of hydrogen-bond donors (Lipinski definition) is 1. The topological polar surface area (TPSA) is 129 Å². The minimum atomic E-state index is -3.35. The molecular formula is C26H28N4O5S. The number of nitrogens with zero attached hydrogens (tertiary/aromatic N) is 3. The Hall–Kier alpha value is -3.45. The van der Waals surface area contributed by atoms with Gasteiger partial charge in [-0.3, -0.25) is 14.4 Å². The van der Waals surface area contributed by atoms with Crippen LogP contribution in [-0.2, 0) is 22.9 Å². The Kier molecular flexibility index (Phi) is 5.59. The number of pyridine rings is 1. The third-order valence-corrected chi connectivity index (χ3v) is 11.2. The zero-order chi connectivity index (χ0) is 25.9. The second-order valence-electron chi connectivity index (χ2n) is 10.4. The average molecular weight is 509 g/mol. The van der Waals surface area contributed by atoms with E-state index < -0.39 is 30.8 Å². The quantitative estimate of drug-likeness (QED) is 0.608. The van der Waals surface area contributed by atoms with E-state index in [1.807, 2.05) is 6.07 Å². The van der Waals surface area contributed by atoms with Crippen LogP contribution < -0.4 is 10.9 Å². The summed E-state index contributed by atoms with van der Waals surface area (Å²) in [6.45, 7) is 4.21. The van der Waals surface area contributed by atoms with Crippen molar-refractivity contribution in [3.8, 4) is 6.07 Å². The van der Waals surface area contributed by atoms with Crippen LogP contribution in [0.25, 0.3) is 0 Å². The highest BCUT2D eigenvalue weighted by molar-refractivity contribution is 7.94. The molecule has 5 rings (SSSR count). The van der Waals surface area contributed by atoms with Gasteiger partial charge in [-0.1, -0.05) is 12.1 Å². The number of hydrogen-bond acceptors (Lipinski definition) is 6. The minimum Gasteiger partial charge on any atom is -0.348 e. The molecule has 0 spiro atoms. The molecule has 1 aromatic heterocycles. The zero-order valence-corrected chi connectivity index (χ0v) is 21.2. The van der Waals surface area contributed by atoms with Crippen LogP contribution in [0, 0.1) is 18.3 Å².